The maximum absolute atomic E-state index is 11.7. The second-order valence-corrected chi connectivity index (χ2v) is 6.74. The molecule has 0 N–H and O–H groups in total. The fraction of sp³-hybridized carbons (Fsp3) is 0.350. The predicted molar refractivity (Wildman–Crippen MR) is 94.0 cm³/mol. The van der Waals surface area contributed by atoms with Crippen LogP contribution in [0, 0.1) is 0 Å². The van der Waals surface area contributed by atoms with Crippen LogP contribution in [-0.4, -0.2) is 38.9 Å². The Labute approximate surface area is 151 Å². The van der Waals surface area contributed by atoms with Gasteiger partial charge in [0.25, 0.3) is 0 Å². The molecule has 2 aliphatic heterocycles. The third-order valence-electron chi connectivity index (χ3n) is 5.59. The maximum Gasteiger partial charge on any atom is 0.231 e. The van der Waals surface area contributed by atoms with Crippen LogP contribution in [0.1, 0.15) is 22.7 Å². The Hall–Kier alpha value is -2.89. The Morgan fingerprint density at radius 2 is 1.92 bits per heavy atom. The van der Waals surface area contributed by atoms with E-state index in [-0.39, 0.29) is 12.8 Å². The summed E-state index contributed by atoms with van der Waals surface area (Å²) < 4.78 is 22.5. The van der Waals surface area contributed by atoms with Crippen molar-refractivity contribution in [1.29, 1.82) is 0 Å². The van der Waals surface area contributed by atoms with Gasteiger partial charge in [-0.2, -0.15) is 0 Å². The zero-order valence-corrected chi connectivity index (χ0v) is 14.7. The Balaban J connectivity index is 1.83. The molecular weight excluding hydrogens is 334 g/mol. The minimum atomic E-state index is 0.00588. The van der Waals surface area contributed by atoms with E-state index in [0.717, 1.165) is 47.4 Å². The van der Waals surface area contributed by atoms with Gasteiger partial charge in [-0.25, -0.2) is 0 Å². The quantitative estimate of drug-likeness (QED) is 0.794. The van der Waals surface area contributed by atoms with Crippen molar-refractivity contribution in [3.05, 3.63) is 34.9 Å². The summed E-state index contributed by atoms with van der Waals surface area (Å²) in [5.41, 5.74) is 5.60. The van der Waals surface area contributed by atoms with E-state index in [1.54, 1.807) is 14.2 Å². The summed E-state index contributed by atoms with van der Waals surface area (Å²) in [6, 6.07) is 6.08. The van der Waals surface area contributed by atoms with E-state index in [2.05, 4.69) is 6.07 Å². The first-order valence-electron chi connectivity index (χ1n) is 8.66. The van der Waals surface area contributed by atoms with Crippen molar-refractivity contribution in [1.82, 2.24) is 4.90 Å². The topological polar surface area (TPSA) is 57.2 Å². The first-order valence-corrected chi connectivity index (χ1v) is 8.66. The van der Waals surface area contributed by atoms with Crippen LogP contribution in [0.5, 0.6) is 23.0 Å². The normalized spacial score (nSPS) is 18.8. The fourth-order valence-corrected chi connectivity index (χ4v) is 4.41. The molecule has 6 nitrogen and oxygen atoms in total. The number of hydrogen-bond acceptors (Lipinski definition) is 5. The highest BCUT2D eigenvalue weighted by molar-refractivity contribution is 5.85. The molecule has 2 aromatic carbocycles. The number of ether oxygens (including phenoxy) is 4. The lowest BCUT2D eigenvalue weighted by atomic mass is 9.76. The van der Waals surface area contributed by atoms with Crippen molar-refractivity contribution in [3.8, 4) is 34.1 Å². The molecule has 0 spiro atoms. The molecule has 26 heavy (non-hydrogen) atoms. The Kier molecular flexibility index (Phi) is 3.29. The third-order valence-corrected chi connectivity index (χ3v) is 5.59. The van der Waals surface area contributed by atoms with Crippen LogP contribution < -0.4 is 18.9 Å². The maximum atomic E-state index is 11.7. The number of benzene rings is 2. The summed E-state index contributed by atoms with van der Waals surface area (Å²) in [7, 11) is 3.26. The largest absolute Gasteiger partial charge is 0.493 e. The molecule has 1 amide bonds. The Bertz CT molecular complexity index is 923. The van der Waals surface area contributed by atoms with Crippen LogP contribution >= 0.6 is 0 Å². The van der Waals surface area contributed by atoms with Crippen molar-refractivity contribution in [2.24, 2.45) is 0 Å². The standard InChI is InChI=1S/C20H19NO5/c1-23-15-7-12-5-14-18-11(3-4-21(14)9-22)6-17-20(26-10-25-17)19(18)13(12)8-16(15)24-2/h6-9,14H,3-5,10H2,1-2H3. The first kappa shape index (κ1) is 15.4. The van der Waals surface area contributed by atoms with E-state index in [1.807, 2.05) is 17.0 Å². The minimum absolute atomic E-state index is 0.00588. The second-order valence-electron chi connectivity index (χ2n) is 6.74. The molecule has 1 aliphatic carbocycles. The van der Waals surface area contributed by atoms with Gasteiger partial charge in [0.1, 0.15) is 0 Å². The van der Waals surface area contributed by atoms with Gasteiger partial charge in [-0.05, 0) is 53.3 Å². The van der Waals surface area contributed by atoms with Gasteiger partial charge in [0.15, 0.2) is 23.0 Å². The van der Waals surface area contributed by atoms with E-state index >= 15 is 0 Å². The van der Waals surface area contributed by atoms with Crippen molar-refractivity contribution in [3.63, 3.8) is 0 Å². The van der Waals surface area contributed by atoms with E-state index in [4.69, 9.17) is 18.9 Å². The molecule has 0 saturated heterocycles. The molecule has 2 aromatic rings. The van der Waals surface area contributed by atoms with Crippen molar-refractivity contribution in [2.75, 3.05) is 27.6 Å². The van der Waals surface area contributed by atoms with Gasteiger partial charge >= 0.3 is 0 Å². The van der Waals surface area contributed by atoms with Gasteiger partial charge < -0.3 is 23.8 Å². The van der Waals surface area contributed by atoms with Crippen molar-refractivity contribution in [2.45, 2.75) is 18.9 Å². The molecule has 1 unspecified atom stereocenters. The van der Waals surface area contributed by atoms with Crippen molar-refractivity contribution < 1.29 is 23.7 Å². The van der Waals surface area contributed by atoms with Gasteiger partial charge in [-0.3, -0.25) is 4.79 Å². The average molecular weight is 353 g/mol. The number of amides is 1. The lowest BCUT2D eigenvalue weighted by Gasteiger charge is -2.40. The predicted octanol–water partition coefficient (Wildman–Crippen LogP) is 2.71. The smallest absolute Gasteiger partial charge is 0.231 e. The average Bonchev–Trinajstić information content (AvgIpc) is 3.15. The highest BCUT2D eigenvalue weighted by Crippen LogP contribution is 2.55. The Morgan fingerprint density at radius 3 is 2.69 bits per heavy atom. The SMILES string of the molecule is COc1cc2c(cc1OC)-c1c3c(cc4c1C(C2)N(C=O)CC4)OCO3. The molecule has 0 saturated carbocycles. The summed E-state index contributed by atoms with van der Waals surface area (Å²) in [6.45, 7) is 0.929. The number of fused-ring (bicyclic) bond motifs is 4. The summed E-state index contributed by atoms with van der Waals surface area (Å²) >= 11 is 0. The fourth-order valence-electron chi connectivity index (χ4n) is 4.41. The van der Waals surface area contributed by atoms with Gasteiger partial charge in [0, 0.05) is 12.1 Å². The highest BCUT2D eigenvalue weighted by Gasteiger charge is 2.39. The number of methoxy groups -OCH3 is 2. The van der Waals surface area contributed by atoms with Crippen LogP contribution in [0.2, 0.25) is 0 Å². The van der Waals surface area contributed by atoms with Crippen LogP contribution in [0.3, 0.4) is 0 Å². The number of hydrogen-bond donors (Lipinski definition) is 0. The summed E-state index contributed by atoms with van der Waals surface area (Å²) in [5.74, 6) is 2.90. The molecule has 3 aliphatic rings. The monoisotopic (exact) mass is 353 g/mol. The van der Waals surface area contributed by atoms with E-state index in [1.165, 1.54) is 11.1 Å². The van der Waals surface area contributed by atoms with Crippen LogP contribution in [0.15, 0.2) is 18.2 Å². The number of carbonyl (C=O) groups excluding carboxylic acids is 1. The zero-order valence-electron chi connectivity index (χ0n) is 14.7. The summed E-state index contributed by atoms with van der Waals surface area (Å²) in [4.78, 5) is 13.6. The lowest BCUT2D eigenvalue weighted by molar-refractivity contribution is -0.120. The van der Waals surface area contributed by atoms with E-state index in [9.17, 15) is 4.79 Å². The number of carbonyl (C=O) groups is 1. The van der Waals surface area contributed by atoms with Gasteiger partial charge in [0.2, 0.25) is 13.2 Å². The molecule has 0 bridgehead atoms. The van der Waals surface area contributed by atoms with Gasteiger partial charge in [0.05, 0.1) is 20.3 Å². The highest BCUT2D eigenvalue weighted by atomic mass is 16.7. The number of rotatable bonds is 3. The molecular formula is C20H19NO5. The van der Waals surface area contributed by atoms with Crippen LogP contribution in [0.25, 0.3) is 11.1 Å². The summed E-state index contributed by atoms with van der Waals surface area (Å²) in [6.07, 6.45) is 2.51. The Morgan fingerprint density at radius 1 is 1.12 bits per heavy atom. The molecule has 1 atom stereocenters. The molecule has 5 rings (SSSR count). The summed E-state index contributed by atoms with van der Waals surface area (Å²) in [5, 5.41) is 0. The molecule has 0 radical (unpaired) electrons. The van der Waals surface area contributed by atoms with Crippen LogP contribution in [0.4, 0.5) is 0 Å². The van der Waals surface area contributed by atoms with Crippen LogP contribution in [-0.2, 0) is 17.6 Å². The lowest BCUT2D eigenvalue weighted by Crippen LogP contribution is -2.37. The van der Waals surface area contributed by atoms with E-state index in [0.29, 0.717) is 18.0 Å². The molecule has 2 heterocycles. The third kappa shape index (κ3) is 1.95. The molecule has 0 fully saturated rings. The van der Waals surface area contributed by atoms with Gasteiger partial charge in [-0.1, -0.05) is 0 Å². The second kappa shape index (κ2) is 5.56. The van der Waals surface area contributed by atoms with E-state index < -0.39 is 0 Å². The van der Waals surface area contributed by atoms with Crippen molar-refractivity contribution >= 4 is 6.41 Å². The molecule has 6 heteroatoms. The molecule has 134 valence electrons. The number of nitrogens with zero attached hydrogens (tertiary/aromatic N) is 1. The minimum Gasteiger partial charge on any atom is -0.493 e. The molecule has 0 aromatic heterocycles. The van der Waals surface area contributed by atoms with Gasteiger partial charge in [-0.15, -0.1) is 0 Å². The zero-order chi connectivity index (χ0) is 17.8. The first-order chi connectivity index (χ1) is 12.7.